The minimum Gasteiger partial charge on any atom is -0.313 e. The largest absolute Gasteiger partial charge is 0.313 e. The van der Waals surface area contributed by atoms with Crippen LogP contribution < -0.4 is 5.32 Å². The molecule has 0 fully saturated rings. The molecule has 0 atom stereocenters. The third kappa shape index (κ3) is 2.36. The SMILES string of the molecule is CCNCc1cn(C)nc1-c1sccc1Br. The molecule has 0 unspecified atom stereocenters. The summed E-state index contributed by atoms with van der Waals surface area (Å²) in [5.41, 5.74) is 2.32. The smallest absolute Gasteiger partial charge is 0.108 e. The fourth-order valence-corrected chi connectivity index (χ4v) is 3.16. The zero-order valence-corrected chi connectivity index (χ0v) is 11.7. The maximum Gasteiger partial charge on any atom is 0.108 e. The van der Waals surface area contributed by atoms with Crippen molar-refractivity contribution < 1.29 is 0 Å². The zero-order chi connectivity index (χ0) is 11.5. The van der Waals surface area contributed by atoms with E-state index in [-0.39, 0.29) is 0 Å². The minimum atomic E-state index is 0.865. The molecule has 1 N–H and O–H groups in total. The topological polar surface area (TPSA) is 29.9 Å². The van der Waals surface area contributed by atoms with E-state index in [2.05, 4.69) is 50.9 Å². The van der Waals surface area contributed by atoms with Crippen molar-refractivity contribution in [3.05, 3.63) is 27.7 Å². The first-order valence-electron chi connectivity index (χ1n) is 5.19. The molecule has 0 aromatic carbocycles. The van der Waals surface area contributed by atoms with E-state index in [1.54, 1.807) is 11.3 Å². The van der Waals surface area contributed by atoms with Crippen molar-refractivity contribution in [2.45, 2.75) is 13.5 Å². The summed E-state index contributed by atoms with van der Waals surface area (Å²) in [6.07, 6.45) is 2.07. The number of aromatic nitrogens is 2. The van der Waals surface area contributed by atoms with Gasteiger partial charge in [-0.3, -0.25) is 4.68 Å². The van der Waals surface area contributed by atoms with Gasteiger partial charge in [0.2, 0.25) is 0 Å². The molecule has 0 aliphatic rings. The zero-order valence-electron chi connectivity index (χ0n) is 9.33. The van der Waals surface area contributed by atoms with Gasteiger partial charge in [0, 0.05) is 29.8 Å². The summed E-state index contributed by atoms with van der Waals surface area (Å²) in [5.74, 6) is 0. The van der Waals surface area contributed by atoms with Gasteiger partial charge in [-0.15, -0.1) is 11.3 Å². The lowest BCUT2D eigenvalue weighted by molar-refractivity contribution is 0.724. The first kappa shape index (κ1) is 11.8. The van der Waals surface area contributed by atoms with Crippen LogP contribution in [0.25, 0.3) is 10.6 Å². The number of thiophene rings is 1. The van der Waals surface area contributed by atoms with E-state index >= 15 is 0 Å². The maximum absolute atomic E-state index is 4.52. The molecule has 3 nitrogen and oxygen atoms in total. The predicted molar refractivity (Wildman–Crippen MR) is 71.6 cm³/mol. The number of hydrogen-bond donors (Lipinski definition) is 1. The molecule has 2 aromatic heterocycles. The number of nitrogens with zero attached hydrogens (tertiary/aromatic N) is 2. The summed E-state index contributed by atoms with van der Waals surface area (Å²) in [6, 6.07) is 2.06. The van der Waals surface area contributed by atoms with E-state index < -0.39 is 0 Å². The second-order valence-electron chi connectivity index (χ2n) is 3.55. The molecule has 2 rings (SSSR count). The molecule has 0 saturated heterocycles. The molecule has 0 aliphatic heterocycles. The van der Waals surface area contributed by atoms with Gasteiger partial charge in [-0.25, -0.2) is 0 Å². The standard InChI is InChI=1S/C11H14BrN3S/c1-3-13-6-8-7-15(2)14-10(8)11-9(12)4-5-16-11/h4-5,7,13H,3,6H2,1-2H3. The maximum atomic E-state index is 4.52. The summed E-state index contributed by atoms with van der Waals surface area (Å²) < 4.78 is 2.99. The van der Waals surface area contributed by atoms with Crippen LogP contribution in [0.1, 0.15) is 12.5 Å². The second kappa shape index (κ2) is 5.12. The summed E-state index contributed by atoms with van der Waals surface area (Å²) in [4.78, 5) is 1.20. The van der Waals surface area contributed by atoms with Crippen LogP contribution in [0.5, 0.6) is 0 Å². The molecular formula is C11H14BrN3S. The van der Waals surface area contributed by atoms with Crippen molar-refractivity contribution in [2.75, 3.05) is 6.54 Å². The normalized spacial score (nSPS) is 10.9. The number of aryl methyl sites for hydroxylation is 1. The Hall–Kier alpha value is -0.650. The van der Waals surface area contributed by atoms with Crippen molar-refractivity contribution in [3.8, 4) is 10.6 Å². The van der Waals surface area contributed by atoms with E-state index in [1.807, 2.05) is 11.7 Å². The van der Waals surface area contributed by atoms with E-state index in [9.17, 15) is 0 Å². The van der Waals surface area contributed by atoms with Gasteiger partial charge in [0.25, 0.3) is 0 Å². The van der Waals surface area contributed by atoms with Crippen LogP contribution in [0.4, 0.5) is 0 Å². The van der Waals surface area contributed by atoms with Gasteiger partial charge in [0.1, 0.15) is 5.69 Å². The number of halogens is 1. The average Bonchev–Trinajstić information content (AvgIpc) is 2.81. The van der Waals surface area contributed by atoms with Crippen molar-refractivity contribution in [2.24, 2.45) is 7.05 Å². The van der Waals surface area contributed by atoms with Crippen molar-refractivity contribution in [1.82, 2.24) is 15.1 Å². The summed E-state index contributed by atoms with van der Waals surface area (Å²) in [6.45, 7) is 3.95. The Bertz CT molecular complexity index is 475. The Kier molecular flexibility index (Phi) is 3.78. The lowest BCUT2D eigenvalue weighted by Gasteiger charge is -2.01. The fourth-order valence-electron chi connectivity index (χ4n) is 1.58. The van der Waals surface area contributed by atoms with Crippen molar-refractivity contribution in [3.63, 3.8) is 0 Å². The van der Waals surface area contributed by atoms with Gasteiger partial charge in [-0.05, 0) is 33.9 Å². The third-order valence-corrected chi connectivity index (χ3v) is 4.15. The van der Waals surface area contributed by atoms with Crippen LogP contribution in [0.15, 0.2) is 22.1 Å². The van der Waals surface area contributed by atoms with Crippen molar-refractivity contribution in [1.29, 1.82) is 0 Å². The molecule has 5 heteroatoms. The molecule has 86 valence electrons. The Labute approximate surface area is 108 Å². The van der Waals surface area contributed by atoms with Crippen LogP contribution in [-0.2, 0) is 13.6 Å². The summed E-state index contributed by atoms with van der Waals surface area (Å²) in [5, 5.41) is 9.93. The average molecular weight is 300 g/mol. The van der Waals surface area contributed by atoms with Gasteiger partial charge in [0.05, 0.1) is 4.88 Å². The van der Waals surface area contributed by atoms with Gasteiger partial charge < -0.3 is 5.32 Å². The van der Waals surface area contributed by atoms with Gasteiger partial charge in [0.15, 0.2) is 0 Å². The van der Waals surface area contributed by atoms with Gasteiger partial charge in [-0.1, -0.05) is 6.92 Å². The molecule has 0 aliphatic carbocycles. The highest BCUT2D eigenvalue weighted by Gasteiger charge is 2.13. The molecule has 0 amide bonds. The van der Waals surface area contributed by atoms with Crippen LogP contribution in [0.3, 0.4) is 0 Å². The number of nitrogens with one attached hydrogen (secondary N) is 1. The third-order valence-electron chi connectivity index (χ3n) is 2.30. The quantitative estimate of drug-likeness (QED) is 0.940. The van der Waals surface area contributed by atoms with Gasteiger partial charge >= 0.3 is 0 Å². The highest BCUT2D eigenvalue weighted by atomic mass is 79.9. The van der Waals surface area contributed by atoms with E-state index in [0.717, 1.165) is 23.3 Å². The van der Waals surface area contributed by atoms with Crippen LogP contribution >= 0.6 is 27.3 Å². The molecule has 0 spiro atoms. The van der Waals surface area contributed by atoms with Crippen molar-refractivity contribution >= 4 is 27.3 Å². The Balaban J connectivity index is 2.36. The summed E-state index contributed by atoms with van der Waals surface area (Å²) >= 11 is 5.27. The highest BCUT2D eigenvalue weighted by molar-refractivity contribution is 9.10. The van der Waals surface area contributed by atoms with Crippen LogP contribution in [0.2, 0.25) is 0 Å². The highest BCUT2D eigenvalue weighted by Crippen LogP contribution is 2.34. The Morgan fingerprint density at radius 3 is 3.00 bits per heavy atom. The first-order valence-corrected chi connectivity index (χ1v) is 6.86. The molecule has 16 heavy (non-hydrogen) atoms. The first-order chi connectivity index (χ1) is 7.72. The molecule has 0 radical (unpaired) electrons. The molecular weight excluding hydrogens is 286 g/mol. The fraction of sp³-hybridized carbons (Fsp3) is 0.364. The lowest BCUT2D eigenvalue weighted by atomic mass is 10.2. The van der Waals surface area contributed by atoms with E-state index in [0.29, 0.717) is 0 Å². The molecule has 2 heterocycles. The molecule has 2 aromatic rings. The lowest BCUT2D eigenvalue weighted by Crippen LogP contribution is -2.11. The monoisotopic (exact) mass is 299 g/mol. The molecule has 0 bridgehead atoms. The Morgan fingerprint density at radius 2 is 2.38 bits per heavy atom. The van der Waals surface area contributed by atoms with Gasteiger partial charge in [-0.2, -0.15) is 5.10 Å². The molecule has 0 saturated carbocycles. The predicted octanol–water partition coefficient (Wildman–Crippen LogP) is 3.02. The number of rotatable bonds is 4. The van der Waals surface area contributed by atoms with E-state index in [1.165, 1.54) is 10.4 Å². The summed E-state index contributed by atoms with van der Waals surface area (Å²) in [7, 11) is 1.96. The van der Waals surface area contributed by atoms with Crippen LogP contribution in [0, 0.1) is 0 Å². The number of hydrogen-bond acceptors (Lipinski definition) is 3. The minimum absolute atomic E-state index is 0.865. The van der Waals surface area contributed by atoms with Crippen LogP contribution in [-0.4, -0.2) is 16.3 Å². The Morgan fingerprint density at radius 1 is 1.56 bits per heavy atom. The second-order valence-corrected chi connectivity index (χ2v) is 5.33. The van der Waals surface area contributed by atoms with E-state index in [4.69, 9.17) is 0 Å².